The minimum absolute atomic E-state index is 0.118. The summed E-state index contributed by atoms with van der Waals surface area (Å²) in [6.45, 7) is 5.49. The van der Waals surface area contributed by atoms with Crippen molar-refractivity contribution in [2.75, 3.05) is 19.3 Å². The predicted octanol–water partition coefficient (Wildman–Crippen LogP) is 1.37. The second kappa shape index (κ2) is 6.22. The minimum Gasteiger partial charge on any atom is -0.332 e. The number of nitrogens with one attached hydrogen (secondary N) is 1. The summed E-state index contributed by atoms with van der Waals surface area (Å²) in [7, 11) is -3.13. The molecule has 0 unspecified atom stereocenters. The van der Waals surface area contributed by atoms with E-state index >= 15 is 0 Å². The fourth-order valence-electron chi connectivity index (χ4n) is 1.81. The summed E-state index contributed by atoms with van der Waals surface area (Å²) in [4.78, 5) is 13.7. The molecule has 1 N–H and O–H groups in total. The molecule has 1 rings (SSSR count). The van der Waals surface area contributed by atoms with Crippen LogP contribution in [0.3, 0.4) is 0 Å². The Morgan fingerprint density at radius 1 is 1.39 bits per heavy atom. The van der Waals surface area contributed by atoms with Gasteiger partial charge in [-0.05, 0) is 25.7 Å². The van der Waals surface area contributed by atoms with Crippen LogP contribution in [0.25, 0.3) is 0 Å². The molecule has 0 saturated carbocycles. The Labute approximate surface area is 109 Å². The summed E-state index contributed by atoms with van der Waals surface area (Å²) in [5, 5.41) is 3.89. The van der Waals surface area contributed by atoms with Crippen LogP contribution in [-0.4, -0.2) is 44.7 Å². The van der Waals surface area contributed by atoms with Gasteiger partial charge in [-0.2, -0.15) is 0 Å². The Kier molecular flexibility index (Phi) is 5.19. The molecule has 0 spiro atoms. The van der Waals surface area contributed by atoms with E-state index in [-0.39, 0.29) is 12.1 Å². The molecule has 0 aromatic carbocycles. The van der Waals surface area contributed by atoms with E-state index in [0.29, 0.717) is 5.92 Å². The van der Waals surface area contributed by atoms with Crippen LogP contribution in [0.15, 0.2) is 11.5 Å². The molecule has 0 aliphatic carbocycles. The van der Waals surface area contributed by atoms with Gasteiger partial charge in [0.15, 0.2) is 9.84 Å². The normalized spacial score (nSPS) is 20.1. The molecule has 1 fully saturated rings. The minimum atomic E-state index is -3.13. The van der Waals surface area contributed by atoms with Gasteiger partial charge >= 0.3 is 6.03 Å². The van der Waals surface area contributed by atoms with Gasteiger partial charge in [0.05, 0.1) is 0 Å². The van der Waals surface area contributed by atoms with Crippen LogP contribution in [0.5, 0.6) is 0 Å². The summed E-state index contributed by atoms with van der Waals surface area (Å²) in [6.07, 6.45) is 4.67. The van der Waals surface area contributed by atoms with E-state index in [1.807, 2.05) is 0 Å². The molecular formula is C12H22N2O3S. The molecule has 2 amide bonds. The van der Waals surface area contributed by atoms with Gasteiger partial charge in [0.1, 0.15) is 0 Å². The number of rotatable bonds is 3. The number of carbonyl (C=O) groups excluding carboxylic acids is 1. The van der Waals surface area contributed by atoms with Crippen molar-refractivity contribution in [3.8, 4) is 0 Å². The van der Waals surface area contributed by atoms with Crippen molar-refractivity contribution in [2.24, 2.45) is 5.92 Å². The fraction of sp³-hybridized carbons (Fsp3) is 0.750. The van der Waals surface area contributed by atoms with Crippen LogP contribution in [-0.2, 0) is 9.84 Å². The van der Waals surface area contributed by atoms with E-state index in [2.05, 4.69) is 12.2 Å². The number of piperidine rings is 1. The average molecular weight is 274 g/mol. The molecule has 104 valence electrons. The molecule has 0 aromatic heterocycles. The number of carbonyl (C=O) groups is 1. The average Bonchev–Trinajstić information content (AvgIpc) is 2.26. The summed E-state index contributed by atoms with van der Waals surface area (Å²) >= 11 is 0. The molecule has 0 radical (unpaired) electrons. The van der Waals surface area contributed by atoms with Crippen molar-refractivity contribution in [1.82, 2.24) is 10.2 Å². The zero-order valence-electron chi connectivity index (χ0n) is 11.2. The maximum atomic E-state index is 11.9. The Morgan fingerprint density at radius 2 is 1.94 bits per heavy atom. The van der Waals surface area contributed by atoms with Crippen molar-refractivity contribution in [3.63, 3.8) is 0 Å². The SMILES string of the molecule is CC1CCN(C(=O)N[C@@H](C)/C=C/S(C)(=O)=O)CC1. The molecule has 1 atom stereocenters. The first-order chi connectivity index (χ1) is 8.28. The number of sulfone groups is 1. The highest BCUT2D eigenvalue weighted by Gasteiger charge is 2.20. The van der Waals surface area contributed by atoms with Crippen LogP contribution in [0.4, 0.5) is 4.79 Å². The Morgan fingerprint density at radius 3 is 2.44 bits per heavy atom. The Balaban J connectivity index is 2.42. The third-order valence-corrected chi connectivity index (χ3v) is 3.69. The molecule has 1 aliphatic rings. The van der Waals surface area contributed by atoms with E-state index < -0.39 is 9.84 Å². The maximum Gasteiger partial charge on any atom is 0.317 e. The van der Waals surface area contributed by atoms with Crippen molar-refractivity contribution >= 4 is 15.9 Å². The van der Waals surface area contributed by atoms with E-state index in [9.17, 15) is 13.2 Å². The lowest BCUT2D eigenvalue weighted by atomic mass is 10.00. The highest BCUT2D eigenvalue weighted by Crippen LogP contribution is 2.15. The van der Waals surface area contributed by atoms with Crippen molar-refractivity contribution < 1.29 is 13.2 Å². The molecule has 18 heavy (non-hydrogen) atoms. The van der Waals surface area contributed by atoms with E-state index in [1.165, 1.54) is 6.08 Å². The van der Waals surface area contributed by atoms with Gasteiger partial charge in [-0.15, -0.1) is 0 Å². The van der Waals surface area contributed by atoms with Gasteiger partial charge in [-0.3, -0.25) is 0 Å². The lowest BCUT2D eigenvalue weighted by Gasteiger charge is -2.31. The second-order valence-electron chi connectivity index (χ2n) is 5.07. The molecular weight excluding hydrogens is 252 g/mol. The maximum absolute atomic E-state index is 11.9. The predicted molar refractivity (Wildman–Crippen MR) is 71.9 cm³/mol. The topological polar surface area (TPSA) is 66.5 Å². The number of amides is 2. The van der Waals surface area contributed by atoms with Crippen molar-refractivity contribution in [3.05, 3.63) is 11.5 Å². The van der Waals surface area contributed by atoms with Crippen LogP contribution < -0.4 is 5.32 Å². The number of likely N-dealkylation sites (tertiary alicyclic amines) is 1. The van der Waals surface area contributed by atoms with Gasteiger partial charge in [-0.25, -0.2) is 13.2 Å². The standard InChI is InChI=1S/C12H22N2O3S/c1-10-4-7-14(8-5-10)12(15)13-11(2)6-9-18(3,16)17/h6,9-11H,4-5,7-8H2,1-3H3,(H,13,15)/b9-6+/t11-/m0/s1. The van der Waals surface area contributed by atoms with Crippen molar-refractivity contribution in [1.29, 1.82) is 0 Å². The molecule has 6 heteroatoms. The number of nitrogens with zero attached hydrogens (tertiary/aromatic N) is 1. The van der Waals surface area contributed by atoms with Gasteiger partial charge in [0.25, 0.3) is 0 Å². The molecule has 0 aromatic rings. The molecule has 1 saturated heterocycles. The summed E-state index contributed by atoms with van der Waals surface area (Å²) in [5.74, 6) is 0.677. The zero-order valence-corrected chi connectivity index (χ0v) is 12.0. The molecule has 1 aliphatic heterocycles. The zero-order chi connectivity index (χ0) is 13.8. The second-order valence-corrected chi connectivity index (χ2v) is 7.00. The highest BCUT2D eigenvalue weighted by molar-refractivity contribution is 7.93. The van der Waals surface area contributed by atoms with Gasteiger partial charge in [0.2, 0.25) is 0 Å². The van der Waals surface area contributed by atoms with E-state index in [1.54, 1.807) is 11.8 Å². The van der Waals surface area contributed by atoms with Crippen LogP contribution >= 0.6 is 0 Å². The third kappa shape index (κ3) is 5.53. The number of hydrogen-bond donors (Lipinski definition) is 1. The highest BCUT2D eigenvalue weighted by atomic mass is 32.2. The first-order valence-corrected chi connectivity index (χ1v) is 8.17. The van der Waals surface area contributed by atoms with E-state index in [0.717, 1.165) is 37.6 Å². The van der Waals surface area contributed by atoms with Crippen LogP contribution in [0, 0.1) is 5.92 Å². The fourth-order valence-corrected chi connectivity index (χ4v) is 2.33. The van der Waals surface area contributed by atoms with E-state index in [4.69, 9.17) is 0 Å². The monoisotopic (exact) mass is 274 g/mol. The van der Waals surface area contributed by atoms with Gasteiger partial charge in [0, 0.05) is 30.8 Å². The smallest absolute Gasteiger partial charge is 0.317 e. The quantitative estimate of drug-likeness (QED) is 0.845. The summed E-state index contributed by atoms with van der Waals surface area (Å²) < 4.78 is 21.9. The summed E-state index contributed by atoms with van der Waals surface area (Å²) in [6, 6.07) is -0.404. The third-order valence-electron chi connectivity index (χ3n) is 3.04. The van der Waals surface area contributed by atoms with Gasteiger partial charge in [-0.1, -0.05) is 13.0 Å². The number of urea groups is 1. The first-order valence-electron chi connectivity index (χ1n) is 6.21. The number of hydrogen-bond acceptors (Lipinski definition) is 3. The van der Waals surface area contributed by atoms with Crippen LogP contribution in [0.1, 0.15) is 26.7 Å². The lowest BCUT2D eigenvalue weighted by Crippen LogP contribution is -2.46. The largest absolute Gasteiger partial charge is 0.332 e. The first kappa shape index (κ1) is 15.0. The Bertz CT molecular complexity index is 409. The Hall–Kier alpha value is -1.04. The lowest BCUT2D eigenvalue weighted by molar-refractivity contribution is 0.172. The molecule has 0 bridgehead atoms. The van der Waals surface area contributed by atoms with Crippen LogP contribution in [0.2, 0.25) is 0 Å². The van der Waals surface area contributed by atoms with Crippen molar-refractivity contribution in [2.45, 2.75) is 32.7 Å². The summed E-state index contributed by atoms with van der Waals surface area (Å²) in [5.41, 5.74) is 0. The molecule has 1 heterocycles. The molecule has 5 nitrogen and oxygen atoms in total. The van der Waals surface area contributed by atoms with Gasteiger partial charge < -0.3 is 10.2 Å².